The highest BCUT2D eigenvalue weighted by Gasteiger charge is 2.12. The quantitative estimate of drug-likeness (QED) is 0.344. The van der Waals surface area contributed by atoms with Gasteiger partial charge < -0.3 is 0 Å². The highest BCUT2D eigenvalue weighted by atomic mass is 16.1. The minimum Gasteiger partial charge on any atom is -0.299 e. The Morgan fingerprint density at radius 1 is 1.55 bits per heavy atom. The lowest BCUT2D eigenvalue weighted by molar-refractivity contribution is -0.104. The van der Waals surface area contributed by atoms with E-state index in [-0.39, 0.29) is 5.41 Å². The van der Waals surface area contributed by atoms with Gasteiger partial charge >= 0.3 is 0 Å². The molecule has 0 bridgehead atoms. The second kappa shape index (κ2) is 4.12. The van der Waals surface area contributed by atoms with Crippen molar-refractivity contribution in [3.63, 3.8) is 0 Å². The van der Waals surface area contributed by atoms with E-state index in [9.17, 15) is 4.79 Å². The molecule has 0 aliphatic carbocycles. The van der Waals surface area contributed by atoms with Crippen molar-refractivity contribution in [2.24, 2.45) is 5.41 Å². The monoisotopic (exact) mass is 152 g/mol. The molecule has 0 saturated heterocycles. The van der Waals surface area contributed by atoms with Crippen molar-refractivity contribution in [1.29, 1.82) is 0 Å². The first-order chi connectivity index (χ1) is 5.02. The van der Waals surface area contributed by atoms with Crippen LogP contribution in [0, 0.1) is 5.41 Å². The molecule has 0 amide bonds. The number of hydrogen-bond acceptors (Lipinski definition) is 1. The van der Waals surface area contributed by atoms with Crippen LogP contribution in [0.5, 0.6) is 0 Å². The summed E-state index contributed by atoms with van der Waals surface area (Å²) >= 11 is 0. The van der Waals surface area contributed by atoms with Crippen LogP contribution in [0.25, 0.3) is 0 Å². The Morgan fingerprint density at radius 3 is 2.45 bits per heavy atom. The van der Waals surface area contributed by atoms with Gasteiger partial charge in [-0.3, -0.25) is 4.79 Å². The molecule has 0 unspecified atom stereocenters. The summed E-state index contributed by atoms with van der Waals surface area (Å²) in [5.74, 6) is 0. The van der Waals surface area contributed by atoms with Crippen molar-refractivity contribution < 1.29 is 4.79 Å². The van der Waals surface area contributed by atoms with Crippen molar-refractivity contribution in [3.8, 4) is 0 Å². The van der Waals surface area contributed by atoms with E-state index in [1.165, 1.54) is 0 Å². The average Bonchev–Trinajstić information content (AvgIpc) is 1.87. The fraction of sp³-hybridized carbons (Fsp3) is 0.500. The predicted molar refractivity (Wildman–Crippen MR) is 48.4 cm³/mol. The van der Waals surface area contributed by atoms with Gasteiger partial charge in [0.05, 0.1) is 0 Å². The van der Waals surface area contributed by atoms with Gasteiger partial charge in [-0.2, -0.15) is 0 Å². The Labute approximate surface area is 68.8 Å². The third kappa shape index (κ3) is 4.54. The molecule has 0 aliphatic rings. The minimum atomic E-state index is 0.101. The smallest absolute Gasteiger partial charge is 0.142 e. The first-order valence-electron chi connectivity index (χ1n) is 3.76. The molecule has 0 atom stereocenters. The molecule has 1 nitrogen and oxygen atoms in total. The van der Waals surface area contributed by atoms with Crippen molar-refractivity contribution >= 4 is 6.29 Å². The SMILES string of the molecule is C=CC(C)(C)C/C(C)=C/C=O. The molecular weight excluding hydrogens is 136 g/mol. The minimum absolute atomic E-state index is 0.101. The van der Waals surface area contributed by atoms with Crippen molar-refractivity contribution in [2.75, 3.05) is 0 Å². The van der Waals surface area contributed by atoms with E-state index in [0.29, 0.717) is 0 Å². The molecular formula is C10H16O. The van der Waals surface area contributed by atoms with E-state index >= 15 is 0 Å². The number of rotatable bonds is 4. The molecule has 0 aromatic heterocycles. The van der Waals surface area contributed by atoms with Crippen molar-refractivity contribution in [2.45, 2.75) is 27.2 Å². The lowest BCUT2D eigenvalue weighted by atomic mass is 9.86. The summed E-state index contributed by atoms with van der Waals surface area (Å²) in [6.45, 7) is 9.89. The van der Waals surface area contributed by atoms with E-state index in [1.807, 2.05) is 13.0 Å². The van der Waals surface area contributed by atoms with Gasteiger partial charge in [0.25, 0.3) is 0 Å². The van der Waals surface area contributed by atoms with Gasteiger partial charge in [0.15, 0.2) is 0 Å². The number of allylic oxidation sites excluding steroid dienone is 3. The third-order valence-electron chi connectivity index (χ3n) is 1.64. The molecule has 0 aliphatic heterocycles. The Balaban J connectivity index is 4.13. The van der Waals surface area contributed by atoms with Crippen LogP contribution < -0.4 is 0 Å². The molecule has 0 radical (unpaired) electrons. The largest absolute Gasteiger partial charge is 0.299 e. The first-order valence-corrected chi connectivity index (χ1v) is 3.76. The molecule has 0 fully saturated rings. The third-order valence-corrected chi connectivity index (χ3v) is 1.64. The zero-order valence-corrected chi connectivity index (χ0v) is 7.55. The van der Waals surface area contributed by atoms with Gasteiger partial charge in [-0.05, 0) is 24.8 Å². The van der Waals surface area contributed by atoms with Gasteiger partial charge in [-0.15, -0.1) is 6.58 Å². The maximum absolute atomic E-state index is 10.1. The zero-order chi connectivity index (χ0) is 8.91. The first kappa shape index (κ1) is 10.2. The summed E-state index contributed by atoms with van der Waals surface area (Å²) in [5.41, 5.74) is 1.20. The zero-order valence-electron chi connectivity index (χ0n) is 7.55. The molecule has 0 heterocycles. The number of aldehydes is 1. The standard InChI is InChI=1S/C10H16O/c1-5-10(3,4)8-9(2)6-7-11/h5-7H,1,8H2,2-4H3/b9-6+. The summed E-state index contributed by atoms with van der Waals surface area (Å²) in [4.78, 5) is 10.1. The second-order valence-corrected chi connectivity index (χ2v) is 3.52. The Morgan fingerprint density at radius 2 is 2.09 bits per heavy atom. The topological polar surface area (TPSA) is 17.1 Å². The van der Waals surface area contributed by atoms with Crippen LogP contribution in [0.15, 0.2) is 24.3 Å². The molecule has 0 aromatic rings. The summed E-state index contributed by atoms with van der Waals surface area (Å²) in [5, 5.41) is 0. The van der Waals surface area contributed by atoms with E-state index in [4.69, 9.17) is 0 Å². The van der Waals surface area contributed by atoms with Crippen LogP contribution in [0.2, 0.25) is 0 Å². The number of hydrogen-bond donors (Lipinski definition) is 0. The summed E-state index contributed by atoms with van der Waals surface area (Å²) in [7, 11) is 0. The summed E-state index contributed by atoms with van der Waals surface area (Å²) in [6, 6.07) is 0. The van der Waals surface area contributed by atoms with Crippen LogP contribution in [0.4, 0.5) is 0 Å². The lowest BCUT2D eigenvalue weighted by Gasteiger charge is -2.19. The molecule has 0 rings (SSSR count). The Kier molecular flexibility index (Phi) is 3.80. The highest BCUT2D eigenvalue weighted by Crippen LogP contribution is 2.25. The van der Waals surface area contributed by atoms with Gasteiger partial charge in [0.2, 0.25) is 0 Å². The Hall–Kier alpha value is -0.850. The molecule has 62 valence electrons. The van der Waals surface area contributed by atoms with E-state index in [2.05, 4.69) is 20.4 Å². The van der Waals surface area contributed by atoms with Gasteiger partial charge in [-0.25, -0.2) is 0 Å². The summed E-state index contributed by atoms with van der Waals surface area (Å²) < 4.78 is 0. The van der Waals surface area contributed by atoms with Gasteiger partial charge in [0.1, 0.15) is 6.29 Å². The van der Waals surface area contributed by atoms with Crippen LogP contribution in [0.3, 0.4) is 0 Å². The van der Waals surface area contributed by atoms with Crippen molar-refractivity contribution in [3.05, 3.63) is 24.3 Å². The predicted octanol–water partition coefficient (Wildman–Crippen LogP) is 2.73. The normalized spacial score (nSPS) is 12.8. The maximum atomic E-state index is 10.1. The highest BCUT2D eigenvalue weighted by molar-refractivity contribution is 5.65. The molecule has 0 aromatic carbocycles. The number of carbonyl (C=O) groups excluding carboxylic acids is 1. The van der Waals surface area contributed by atoms with Crippen LogP contribution >= 0.6 is 0 Å². The lowest BCUT2D eigenvalue weighted by Crippen LogP contribution is -2.06. The van der Waals surface area contributed by atoms with Crippen molar-refractivity contribution in [1.82, 2.24) is 0 Å². The van der Waals surface area contributed by atoms with Gasteiger partial charge in [-0.1, -0.05) is 25.5 Å². The van der Waals surface area contributed by atoms with Crippen LogP contribution in [0.1, 0.15) is 27.2 Å². The molecule has 0 N–H and O–H groups in total. The van der Waals surface area contributed by atoms with Crippen LogP contribution in [-0.4, -0.2) is 6.29 Å². The number of carbonyl (C=O) groups is 1. The second-order valence-electron chi connectivity index (χ2n) is 3.52. The van der Waals surface area contributed by atoms with E-state index < -0.39 is 0 Å². The van der Waals surface area contributed by atoms with Crippen LogP contribution in [-0.2, 0) is 4.79 Å². The molecule has 0 spiro atoms. The molecule has 11 heavy (non-hydrogen) atoms. The van der Waals surface area contributed by atoms with E-state index in [1.54, 1.807) is 6.08 Å². The maximum Gasteiger partial charge on any atom is 0.142 e. The van der Waals surface area contributed by atoms with Gasteiger partial charge in [0, 0.05) is 0 Å². The fourth-order valence-corrected chi connectivity index (χ4v) is 0.966. The summed E-state index contributed by atoms with van der Waals surface area (Å²) in [6.07, 6.45) is 5.24. The molecule has 1 heteroatoms. The molecule has 0 saturated carbocycles. The van der Waals surface area contributed by atoms with E-state index in [0.717, 1.165) is 18.3 Å². The fourth-order valence-electron chi connectivity index (χ4n) is 0.966. The average molecular weight is 152 g/mol. The Bertz CT molecular complexity index is 175.